The molecule has 106 valence electrons. The maximum absolute atomic E-state index is 4.33. The van der Waals surface area contributed by atoms with Crippen LogP contribution in [0.5, 0.6) is 0 Å². The lowest BCUT2D eigenvalue weighted by atomic mass is 9.76. The Morgan fingerprint density at radius 3 is 2.75 bits per heavy atom. The van der Waals surface area contributed by atoms with Gasteiger partial charge in [-0.1, -0.05) is 37.6 Å². The molecule has 1 aromatic heterocycles. The highest BCUT2D eigenvalue weighted by atomic mass is 15.2. The molecule has 0 aliphatic heterocycles. The van der Waals surface area contributed by atoms with E-state index in [2.05, 4.69) is 47.8 Å². The van der Waals surface area contributed by atoms with E-state index < -0.39 is 0 Å². The molecule has 2 aromatic rings. The highest BCUT2D eigenvalue weighted by molar-refractivity contribution is 5.39. The van der Waals surface area contributed by atoms with Gasteiger partial charge in [0, 0.05) is 18.8 Å². The third-order valence-corrected chi connectivity index (χ3v) is 4.32. The fourth-order valence-corrected chi connectivity index (χ4v) is 3.07. The zero-order valence-corrected chi connectivity index (χ0v) is 12.3. The third-order valence-electron chi connectivity index (χ3n) is 4.32. The summed E-state index contributed by atoms with van der Waals surface area (Å²) in [6.45, 7) is 3.12. The molecular formula is C17H23N3. The van der Waals surface area contributed by atoms with Crippen LogP contribution in [0.3, 0.4) is 0 Å². The van der Waals surface area contributed by atoms with Crippen molar-refractivity contribution in [2.75, 3.05) is 6.54 Å². The van der Waals surface area contributed by atoms with Gasteiger partial charge in [-0.15, -0.1) is 0 Å². The number of nitrogens with zero attached hydrogens (tertiary/aromatic N) is 2. The Hall–Kier alpha value is -1.61. The van der Waals surface area contributed by atoms with Gasteiger partial charge in [-0.05, 0) is 36.4 Å². The number of aromatic nitrogens is 2. The molecule has 0 radical (unpaired) electrons. The van der Waals surface area contributed by atoms with Crippen LogP contribution in [0.2, 0.25) is 0 Å². The van der Waals surface area contributed by atoms with Crippen molar-refractivity contribution >= 4 is 0 Å². The second-order valence-electron chi connectivity index (χ2n) is 5.69. The van der Waals surface area contributed by atoms with Crippen LogP contribution in [0.1, 0.15) is 54.8 Å². The van der Waals surface area contributed by atoms with Crippen LogP contribution in [-0.4, -0.2) is 16.3 Å². The molecule has 3 heteroatoms. The summed E-state index contributed by atoms with van der Waals surface area (Å²) in [7, 11) is 1.98. The van der Waals surface area contributed by atoms with E-state index in [0.717, 1.165) is 12.5 Å². The monoisotopic (exact) mass is 269 g/mol. The molecule has 1 N–H and O–H groups in total. The number of nitrogens with one attached hydrogen (secondary N) is 1. The van der Waals surface area contributed by atoms with Crippen LogP contribution in [0.4, 0.5) is 0 Å². The lowest BCUT2D eigenvalue weighted by Gasteiger charge is -2.30. The molecule has 1 atom stereocenters. The van der Waals surface area contributed by atoms with Crippen LogP contribution >= 0.6 is 0 Å². The predicted molar refractivity (Wildman–Crippen MR) is 81.8 cm³/mol. The molecule has 3 rings (SSSR count). The second-order valence-corrected chi connectivity index (χ2v) is 5.69. The van der Waals surface area contributed by atoms with Gasteiger partial charge < -0.3 is 5.32 Å². The van der Waals surface area contributed by atoms with Crippen molar-refractivity contribution in [2.24, 2.45) is 7.05 Å². The molecule has 0 spiro atoms. The first kappa shape index (κ1) is 13.4. The van der Waals surface area contributed by atoms with Crippen molar-refractivity contribution in [3.8, 4) is 0 Å². The van der Waals surface area contributed by atoms with E-state index >= 15 is 0 Å². The maximum atomic E-state index is 4.33. The minimum atomic E-state index is 0.255. The molecule has 1 heterocycles. The van der Waals surface area contributed by atoms with Crippen molar-refractivity contribution in [2.45, 2.75) is 38.1 Å². The van der Waals surface area contributed by atoms with Gasteiger partial charge in [0.2, 0.25) is 0 Å². The summed E-state index contributed by atoms with van der Waals surface area (Å²) < 4.78 is 1.88. The quantitative estimate of drug-likeness (QED) is 0.901. The van der Waals surface area contributed by atoms with Crippen molar-refractivity contribution in [1.29, 1.82) is 0 Å². The first-order chi connectivity index (χ1) is 9.79. The average molecular weight is 269 g/mol. The van der Waals surface area contributed by atoms with Crippen molar-refractivity contribution in [3.63, 3.8) is 0 Å². The van der Waals surface area contributed by atoms with Crippen LogP contribution < -0.4 is 5.32 Å². The van der Waals surface area contributed by atoms with Crippen LogP contribution in [0, 0.1) is 0 Å². The number of hydrogen-bond donors (Lipinski definition) is 1. The van der Waals surface area contributed by atoms with Crippen molar-refractivity contribution in [1.82, 2.24) is 15.1 Å². The van der Waals surface area contributed by atoms with Crippen LogP contribution in [-0.2, 0) is 7.05 Å². The maximum Gasteiger partial charge on any atom is 0.0610 e. The normalized spacial score (nSPS) is 16.9. The van der Waals surface area contributed by atoms with E-state index in [0.29, 0.717) is 0 Å². The molecule has 0 bridgehead atoms. The Balaban J connectivity index is 1.98. The van der Waals surface area contributed by atoms with Crippen molar-refractivity contribution in [3.05, 3.63) is 53.3 Å². The Kier molecular flexibility index (Phi) is 3.88. The summed E-state index contributed by atoms with van der Waals surface area (Å²) in [4.78, 5) is 0. The highest BCUT2D eigenvalue weighted by Crippen LogP contribution is 2.40. The third kappa shape index (κ3) is 2.50. The number of benzene rings is 1. The topological polar surface area (TPSA) is 29.9 Å². The SMILES string of the molecule is CCNC(c1cnn(C)c1)c1ccccc1C1CCC1. The fraction of sp³-hybridized carbons (Fsp3) is 0.471. The van der Waals surface area contributed by atoms with E-state index in [4.69, 9.17) is 0 Å². The molecule has 1 aromatic carbocycles. The van der Waals surface area contributed by atoms with E-state index in [-0.39, 0.29) is 6.04 Å². The Bertz CT molecular complexity index is 569. The van der Waals surface area contributed by atoms with Gasteiger partial charge in [0.15, 0.2) is 0 Å². The smallest absolute Gasteiger partial charge is 0.0610 e. The van der Waals surface area contributed by atoms with Crippen LogP contribution in [0.15, 0.2) is 36.7 Å². The average Bonchev–Trinajstić information content (AvgIpc) is 2.81. The molecule has 1 unspecified atom stereocenters. The lowest BCUT2D eigenvalue weighted by molar-refractivity contribution is 0.414. The molecule has 3 nitrogen and oxygen atoms in total. The van der Waals surface area contributed by atoms with Gasteiger partial charge in [-0.3, -0.25) is 4.68 Å². The molecule has 0 amide bonds. The van der Waals surface area contributed by atoms with Gasteiger partial charge in [0.05, 0.1) is 12.2 Å². The lowest BCUT2D eigenvalue weighted by Crippen LogP contribution is -2.24. The minimum Gasteiger partial charge on any atom is -0.306 e. The van der Waals surface area contributed by atoms with Gasteiger partial charge in [-0.25, -0.2) is 0 Å². The van der Waals surface area contributed by atoms with Crippen molar-refractivity contribution < 1.29 is 0 Å². The summed E-state index contributed by atoms with van der Waals surface area (Å²) >= 11 is 0. The Morgan fingerprint density at radius 2 is 2.15 bits per heavy atom. The van der Waals surface area contributed by atoms with E-state index in [1.807, 2.05) is 17.9 Å². The fourth-order valence-electron chi connectivity index (χ4n) is 3.07. The first-order valence-electron chi connectivity index (χ1n) is 7.60. The molecule has 1 saturated carbocycles. The predicted octanol–water partition coefficient (Wildman–Crippen LogP) is 3.39. The zero-order valence-electron chi connectivity index (χ0n) is 12.3. The highest BCUT2D eigenvalue weighted by Gasteiger charge is 2.25. The summed E-state index contributed by atoms with van der Waals surface area (Å²) in [6.07, 6.45) is 8.14. The van der Waals surface area contributed by atoms with E-state index in [9.17, 15) is 0 Å². The van der Waals surface area contributed by atoms with Gasteiger partial charge >= 0.3 is 0 Å². The molecule has 1 aliphatic rings. The van der Waals surface area contributed by atoms with Gasteiger partial charge in [-0.2, -0.15) is 5.10 Å². The van der Waals surface area contributed by atoms with E-state index in [1.54, 1.807) is 0 Å². The summed E-state index contributed by atoms with van der Waals surface area (Å²) in [5.74, 6) is 0.754. The molecular weight excluding hydrogens is 246 g/mol. The Labute approximate surface area is 121 Å². The van der Waals surface area contributed by atoms with E-state index in [1.165, 1.54) is 36.0 Å². The molecule has 1 fully saturated rings. The minimum absolute atomic E-state index is 0.255. The first-order valence-corrected chi connectivity index (χ1v) is 7.60. The largest absolute Gasteiger partial charge is 0.306 e. The Morgan fingerprint density at radius 1 is 1.35 bits per heavy atom. The van der Waals surface area contributed by atoms with Gasteiger partial charge in [0.1, 0.15) is 0 Å². The summed E-state index contributed by atoms with van der Waals surface area (Å²) in [5, 5.41) is 7.95. The summed E-state index contributed by atoms with van der Waals surface area (Å²) in [6, 6.07) is 9.15. The summed E-state index contributed by atoms with van der Waals surface area (Å²) in [5.41, 5.74) is 4.20. The standard InChI is InChI=1S/C17H23N3/c1-3-18-17(14-11-19-20(2)12-14)16-10-5-4-9-15(16)13-7-6-8-13/h4-5,9-13,17-18H,3,6-8H2,1-2H3. The zero-order chi connectivity index (χ0) is 13.9. The number of rotatable bonds is 5. The second kappa shape index (κ2) is 5.80. The van der Waals surface area contributed by atoms with Gasteiger partial charge in [0.25, 0.3) is 0 Å². The number of hydrogen-bond acceptors (Lipinski definition) is 2. The van der Waals surface area contributed by atoms with Crippen LogP contribution in [0.25, 0.3) is 0 Å². The molecule has 1 aliphatic carbocycles. The number of aryl methyl sites for hydroxylation is 1. The molecule has 0 saturated heterocycles. The molecule has 20 heavy (non-hydrogen) atoms.